The Morgan fingerprint density at radius 3 is 2.55 bits per heavy atom. The van der Waals surface area contributed by atoms with Crippen LogP contribution in [0.2, 0.25) is 0 Å². The van der Waals surface area contributed by atoms with Gasteiger partial charge >= 0.3 is 0 Å². The number of anilines is 1. The molecule has 1 aliphatic heterocycles. The minimum atomic E-state index is 0.0886. The number of hydrogen-bond donors (Lipinski definition) is 2. The molecule has 4 heterocycles. The van der Waals surface area contributed by atoms with Crippen LogP contribution in [0.3, 0.4) is 0 Å². The normalized spacial score (nSPS) is 16.3. The van der Waals surface area contributed by atoms with Gasteiger partial charge in [-0.15, -0.1) is 0 Å². The number of aromatic nitrogens is 4. The fourth-order valence-corrected chi connectivity index (χ4v) is 4.82. The zero-order valence-corrected chi connectivity index (χ0v) is 19.3. The molecule has 7 nitrogen and oxygen atoms in total. The predicted molar refractivity (Wildman–Crippen MR) is 134 cm³/mol. The van der Waals surface area contributed by atoms with Gasteiger partial charge in [0.15, 0.2) is 5.65 Å². The van der Waals surface area contributed by atoms with Gasteiger partial charge in [0, 0.05) is 30.9 Å². The summed E-state index contributed by atoms with van der Waals surface area (Å²) in [5, 5.41) is 3.60. The Morgan fingerprint density at radius 2 is 1.82 bits per heavy atom. The summed E-state index contributed by atoms with van der Waals surface area (Å²) in [6.45, 7) is 7.48. The second kappa shape index (κ2) is 9.29. The van der Waals surface area contributed by atoms with Crippen molar-refractivity contribution in [2.24, 2.45) is 0 Å². The number of likely N-dealkylation sites (tertiary alicyclic amines) is 1. The molecule has 0 bridgehead atoms. The number of benzene rings is 1. The van der Waals surface area contributed by atoms with E-state index in [4.69, 9.17) is 15.7 Å². The molecular weight excluding hydrogens is 410 g/mol. The van der Waals surface area contributed by atoms with Crippen molar-refractivity contribution >= 4 is 17.0 Å². The Kier molecular flexibility index (Phi) is 6.07. The smallest absolute Gasteiger partial charge is 0.162 e. The lowest BCUT2D eigenvalue weighted by Crippen LogP contribution is -2.44. The molecule has 0 radical (unpaired) electrons. The molecule has 3 N–H and O–H groups in total. The number of imidazole rings is 1. The number of fused-ring (bicyclic) bond motifs is 1. The Morgan fingerprint density at radius 1 is 1.03 bits per heavy atom. The Balaban J connectivity index is 1.61. The van der Waals surface area contributed by atoms with E-state index in [2.05, 4.69) is 51.8 Å². The maximum atomic E-state index is 6.29. The first-order valence-corrected chi connectivity index (χ1v) is 11.8. The SMILES string of the molecule is CCNC1CCN(C(C)n2c(-c3cccnc3N)nc3ccc(-c4ccccc4)nc32)CC1. The van der Waals surface area contributed by atoms with Gasteiger partial charge in [-0.25, -0.2) is 15.0 Å². The Bertz CT molecular complexity index is 1230. The number of piperidine rings is 1. The molecule has 0 amide bonds. The zero-order valence-electron chi connectivity index (χ0n) is 19.3. The molecule has 7 heteroatoms. The van der Waals surface area contributed by atoms with Crippen LogP contribution < -0.4 is 11.1 Å². The number of nitrogens with two attached hydrogens (primary N) is 1. The van der Waals surface area contributed by atoms with Crippen LogP contribution in [0.25, 0.3) is 33.8 Å². The summed E-state index contributed by atoms with van der Waals surface area (Å²) in [4.78, 5) is 16.9. The molecule has 0 saturated carbocycles. The summed E-state index contributed by atoms with van der Waals surface area (Å²) in [5.41, 5.74) is 10.9. The van der Waals surface area contributed by atoms with E-state index in [0.29, 0.717) is 11.9 Å². The van der Waals surface area contributed by atoms with E-state index in [-0.39, 0.29) is 6.17 Å². The number of pyridine rings is 2. The third-order valence-corrected chi connectivity index (χ3v) is 6.61. The molecule has 5 rings (SSSR count). The van der Waals surface area contributed by atoms with Crippen molar-refractivity contribution in [2.45, 2.75) is 38.9 Å². The van der Waals surface area contributed by atoms with Crippen LogP contribution in [-0.2, 0) is 0 Å². The minimum Gasteiger partial charge on any atom is -0.383 e. The highest BCUT2D eigenvalue weighted by Crippen LogP contribution is 2.33. The van der Waals surface area contributed by atoms with E-state index in [9.17, 15) is 0 Å². The topological polar surface area (TPSA) is 84.9 Å². The molecular formula is C26H31N7. The van der Waals surface area contributed by atoms with Crippen LogP contribution in [0.1, 0.15) is 32.9 Å². The highest BCUT2D eigenvalue weighted by atomic mass is 15.3. The average Bonchev–Trinajstić information content (AvgIpc) is 3.23. The quantitative estimate of drug-likeness (QED) is 0.463. The van der Waals surface area contributed by atoms with Crippen molar-refractivity contribution in [3.05, 3.63) is 60.8 Å². The van der Waals surface area contributed by atoms with E-state index in [1.54, 1.807) is 6.20 Å². The molecule has 170 valence electrons. The fraction of sp³-hybridized carbons (Fsp3) is 0.346. The van der Waals surface area contributed by atoms with E-state index in [1.165, 1.54) is 0 Å². The van der Waals surface area contributed by atoms with E-state index in [1.807, 2.05) is 36.4 Å². The van der Waals surface area contributed by atoms with Crippen LogP contribution in [0.4, 0.5) is 5.82 Å². The molecule has 1 fully saturated rings. The molecule has 4 aromatic rings. The van der Waals surface area contributed by atoms with Crippen molar-refractivity contribution in [1.82, 2.24) is 29.7 Å². The molecule has 1 atom stereocenters. The van der Waals surface area contributed by atoms with Crippen LogP contribution >= 0.6 is 0 Å². The fourth-order valence-electron chi connectivity index (χ4n) is 4.82. The first-order chi connectivity index (χ1) is 16.2. The van der Waals surface area contributed by atoms with E-state index in [0.717, 1.165) is 66.3 Å². The lowest BCUT2D eigenvalue weighted by atomic mass is 10.0. The maximum Gasteiger partial charge on any atom is 0.162 e. The van der Waals surface area contributed by atoms with Gasteiger partial charge in [0.25, 0.3) is 0 Å². The first-order valence-electron chi connectivity index (χ1n) is 11.8. The lowest BCUT2D eigenvalue weighted by Gasteiger charge is -2.37. The second-order valence-electron chi connectivity index (χ2n) is 8.65. The first kappa shape index (κ1) is 21.6. The minimum absolute atomic E-state index is 0.0886. The molecule has 0 spiro atoms. The van der Waals surface area contributed by atoms with Crippen LogP contribution in [0.15, 0.2) is 60.8 Å². The molecule has 3 aromatic heterocycles. The summed E-state index contributed by atoms with van der Waals surface area (Å²) < 4.78 is 2.24. The van der Waals surface area contributed by atoms with Crippen molar-refractivity contribution < 1.29 is 0 Å². The van der Waals surface area contributed by atoms with Crippen LogP contribution in [0, 0.1) is 0 Å². The number of hydrogen-bond acceptors (Lipinski definition) is 6. The third kappa shape index (κ3) is 4.21. The van der Waals surface area contributed by atoms with Crippen molar-refractivity contribution in [2.75, 3.05) is 25.4 Å². The maximum absolute atomic E-state index is 6.29. The molecule has 0 aliphatic carbocycles. The monoisotopic (exact) mass is 441 g/mol. The zero-order chi connectivity index (χ0) is 22.8. The number of nitrogen functional groups attached to an aromatic ring is 1. The molecule has 33 heavy (non-hydrogen) atoms. The van der Waals surface area contributed by atoms with Gasteiger partial charge in [-0.1, -0.05) is 37.3 Å². The molecule has 1 aliphatic rings. The summed E-state index contributed by atoms with van der Waals surface area (Å²) in [7, 11) is 0. The van der Waals surface area contributed by atoms with Gasteiger partial charge in [-0.3, -0.25) is 9.47 Å². The summed E-state index contributed by atoms with van der Waals surface area (Å²) in [6, 6.07) is 18.9. The standard InChI is InChI=1S/C26H31N7/c1-3-28-20-13-16-32(17-14-20)18(2)33-25(21-10-7-15-29-24(21)27)31-23-12-11-22(30-26(23)33)19-8-5-4-6-9-19/h4-12,15,18,20,28H,3,13-14,16-17H2,1-2H3,(H2,27,29). The largest absolute Gasteiger partial charge is 0.383 e. The molecule has 1 saturated heterocycles. The van der Waals surface area contributed by atoms with Gasteiger partial charge in [0.2, 0.25) is 0 Å². The Labute approximate surface area is 194 Å². The van der Waals surface area contributed by atoms with Gasteiger partial charge < -0.3 is 11.1 Å². The molecule has 1 unspecified atom stereocenters. The summed E-state index contributed by atoms with van der Waals surface area (Å²) in [6.07, 6.45) is 4.08. The summed E-state index contributed by atoms with van der Waals surface area (Å²) in [5.74, 6) is 1.30. The van der Waals surface area contributed by atoms with Gasteiger partial charge in [-0.2, -0.15) is 0 Å². The van der Waals surface area contributed by atoms with Gasteiger partial charge in [0.1, 0.15) is 17.2 Å². The van der Waals surface area contributed by atoms with Crippen molar-refractivity contribution in [1.29, 1.82) is 0 Å². The van der Waals surface area contributed by atoms with Gasteiger partial charge in [-0.05, 0) is 50.6 Å². The second-order valence-corrected chi connectivity index (χ2v) is 8.65. The number of nitrogens with one attached hydrogen (secondary N) is 1. The van der Waals surface area contributed by atoms with Crippen molar-refractivity contribution in [3.63, 3.8) is 0 Å². The van der Waals surface area contributed by atoms with Crippen LogP contribution in [-0.4, -0.2) is 50.1 Å². The number of nitrogens with zero attached hydrogens (tertiary/aromatic N) is 5. The lowest BCUT2D eigenvalue weighted by molar-refractivity contribution is 0.115. The van der Waals surface area contributed by atoms with E-state index < -0.39 is 0 Å². The summed E-state index contributed by atoms with van der Waals surface area (Å²) >= 11 is 0. The highest BCUT2D eigenvalue weighted by Gasteiger charge is 2.27. The van der Waals surface area contributed by atoms with Crippen LogP contribution in [0.5, 0.6) is 0 Å². The van der Waals surface area contributed by atoms with Gasteiger partial charge in [0.05, 0.1) is 17.4 Å². The van der Waals surface area contributed by atoms with Crippen molar-refractivity contribution in [3.8, 4) is 22.6 Å². The predicted octanol–water partition coefficient (Wildman–Crippen LogP) is 4.33. The highest BCUT2D eigenvalue weighted by molar-refractivity contribution is 5.82. The third-order valence-electron chi connectivity index (χ3n) is 6.61. The number of rotatable bonds is 6. The molecule has 1 aromatic carbocycles. The van der Waals surface area contributed by atoms with E-state index >= 15 is 0 Å². The average molecular weight is 442 g/mol. The Hall–Kier alpha value is -3.29.